The molecule has 3 heteroatoms. The van der Waals surface area contributed by atoms with Crippen molar-refractivity contribution in [2.24, 2.45) is 23.7 Å². The number of thiol groups is 1. The Hall–Kier alpha value is 1.00. The van der Waals surface area contributed by atoms with Crippen LogP contribution in [0.5, 0.6) is 0 Å². The average molecular weight is 295 g/mol. The zero-order valence-corrected chi connectivity index (χ0v) is 15.0. The van der Waals surface area contributed by atoms with Gasteiger partial charge < -0.3 is 0 Å². The van der Waals surface area contributed by atoms with Crippen molar-refractivity contribution in [2.45, 2.75) is 54.4 Å². The van der Waals surface area contributed by atoms with E-state index < -0.39 is 5.24 Å². The Bertz CT molecular complexity index is 227. The van der Waals surface area contributed by atoms with Gasteiger partial charge in [0.25, 0.3) is 0 Å². The number of hydrogen-bond donors (Lipinski definition) is 1. The van der Waals surface area contributed by atoms with Gasteiger partial charge in [0, 0.05) is 5.24 Å². The Kier molecular flexibility index (Phi) is 8.71. The van der Waals surface area contributed by atoms with Gasteiger partial charge in [-0.1, -0.05) is 53.3 Å². The SMILES string of the molecule is CC(C)CC(C)CP(=S)(S)CC(C)CC(C)C. The summed E-state index contributed by atoms with van der Waals surface area (Å²) in [5, 5.41) is -1.39. The van der Waals surface area contributed by atoms with Crippen LogP contribution in [0.15, 0.2) is 0 Å². The van der Waals surface area contributed by atoms with E-state index in [0.717, 1.165) is 23.7 Å². The fourth-order valence-corrected chi connectivity index (χ4v) is 8.40. The molecule has 0 heterocycles. The van der Waals surface area contributed by atoms with Crippen molar-refractivity contribution in [3.05, 3.63) is 0 Å². The summed E-state index contributed by atoms with van der Waals surface area (Å²) in [6.45, 7) is 13.8. The molecule has 0 saturated carbocycles. The lowest BCUT2D eigenvalue weighted by atomic mass is 10.0. The highest BCUT2D eigenvalue weighted by Gasteiger charge is 2.20. The topological polar surface area (TPSA) is 0 Å². The average Bonchev–Trinajstić information content (AvgIpc) is 1.95. The Morgan fingerprint density at radius 2 is 1.12 bits per heavy atom. The highest BCUT2D eigenvalue weighted by Crippen LogP contribution is 2.54. The molecule has 104 valence electrons. The predicted molar refractivity (Wildman–Crippen MR) is 90.2 cm³/mol. The minimum absolute atomic E-state index is 0.740. The highest BCUT2D eigenvalue weighted by molar-refractivity contribution is 8.63. The minimum atomic E-state index is -1.39. The maximum absolute atomic E-state index is 5.78. The van der Waals surface area contributed by atoms with Crippen molar-refractivity contribution in [1.82, 2.24) is 0 Å². The molecule has 0 aromatic heterocycles. The lowest BCUT2D eigenvalue weighted by Gasteiger charge is -2.25. The molecule has 0 aromatic rings. The lowest BCUT2D eigenvalue weighted by Crippen LogP contribution is -2.10. The molecule has 0 aliphatic carbocycles. The number of hydrogen-bond acceptors (Lipinski definition) is 1. The van der Waals surface area contributed by atoms with E-state index in [4.69, 9.17) is 24.1 Å². The smallest absolute Gasteiger partial charge is 0.00395 e. The fourth-order valence-electron chi connectivity index (χ4n) is 2.81. The molecular formula is C14H31PS2. The van der Waals surface area contributed by atoms with Crippen LogP contribution >= 0.6 is 17.5 Å². The van der Waals surface area contributed by atoms with Crippen LogP contribution < -0.4 is 0 Å². The molecule has 0 fully saturated rings. The molecule has 2 unspecified atom stereocenters. The van der Waals surface area contributed by atoms with E-state index in [-0.39, 0.29) is 0 Å². The van der Waals surface area contributed by atoms with Crippen molar-refractivity contribution in [3.8, 4) is 0 Å². The number of rotatable bonds is 8. The molecule has 0 amide bonds. The summed E-state index contributed by atoms with van der Waals surface area (Å²) in [6, 6.07) is 0. The van der Waals surface area contributed by atoms with Crippen LogP contribution in [0.1, 0.15) is 54.4 Å². The lowest BCUT2D eigenvalue weighted by molar-refractivity contribution is 0.465. The molecular weight excluding hydrogens is 263 g/mol. The van der Waals surface area contributed by atoms with Crippen LogP contribution in [0, 0.1) is 23.7 Å². The zero-order valence-electron chi connectivity index (χ0n) is 12.4. The molecule has 0 nitrogen and oxygen atoms in total. The first kappa shape index (κ1) is 18.0. The van der Waals surface area contributed by atoms with Crippen LogP contribution in [-0.4, -0.2) is 12.3 Å². The van der Waals surface area contributed by atoms with Crippen molar-refractivity contribution in [3.63, 3.8) is 0 Å². The molecule has 0 radical (unpaired) electrons. The Morgan fingerprint density at radius 3 is 1.35 bits per heavy atom. The summed E-state index contributed by atoms with van der Waals surface area (Å²) < 4.78 is 0. The maximum atomic E-state index is 5.78. The van der Waals surface area contributed by atoms with E-state index in [1.54, 1.807) is 0 Å². The third kappa shape index (κ3) is 10.6. The van der Waals surface area contributed by atoms with Crippen LogP contribution in [0.3, 0.4) is 0 Å². The monoisotopic (exact) mass is 294 g/mol. The zero-order chi connectivity index (χ0) is 13.6. The largest absolute Gasteiger partial charge is 0.141 e. The molecule has 0 N–H and O–H groups in total. The summed E-state index contributed by atoms with van der Waals surface area (Å²) in [4.78, 5) is 0. The summed E-state index contributed by atoms with van der Waals surface area (Å²) in [5.41, 5.74) is 0. The normalized spacial score (nSPS) is 19.4. The molecule has 17 heavy (non-hydrogen) atoms. The maximum Gasteiger partial charge on any atom is 0.00395 e. The van der Waals surface area contributed by atoms with Gasteiger partial charge in [-0.25, -0.2) is 0 Å². The molecule has 0 aromatic carbocycles. The Labute approximate surface area is 120 Å². The van der Waals surface area contributed by atoms with E-state index in [2.05, 4.69) is 41.5 Å². The second-order valence-electron chi connectivity index (χ2n) is 6.68. The predicted octanol–water partition coefficient (Wildman–Crippen LogP) is 5.68. The first-order chi connectivity index (χ1) is 7.62. The van der Waals surface area contributed by atoms with Crippen molar-refractivity contribution in [1.29, 1.82) is 0 Å². The summed E-state index contributed by atoms with van der Waals surface area (Å²) in [7, 11) is 0. The third-order valence-electron chi connectivity index (χ3n) is 2.94. The van der Waals surface area contributed by atoms with Crippen LogP contribution in [-0.2, 0) is 11.8 Å². The second kappa shape index (κ2) is 8.23. The van der Waals surface area contributed by atoms with Crippen LogP contribution in [0.25, 0.3) is 0 Å². The fraction of sp³-hybridized carbons (Fsp3) is 1.00. The van der Waals surface area contributed by atoms with Gasteiger partial charge in [0.2, 0.25) is 0 Å². The van der Waals surface area contributed by atoms with Gasteiger partial charge in [0.1, 0.15) is 0 Å². The first-order valence-electron chi connectivity index (χ1n) is 6.93. The van der Waals surface area contributed by atoms with Gasteiger partial charge >= 0.3 is 0 Å². The Balaban J connectivity index is 4.14. The Morgan fingerprint density at radius 1 is 0.824 bits per heavy atom. The highest BCUT2D eigenvalue weighted by atomic mass is 32.9. The third-order valence-corrected chi connectivity index (χ3v) is 7.20. The van der Waals surface area contributed by atoms with E-state index in [1.165, 1.54) is 25.2 Å². The van der Waals surface area contributed by atoms with Gasteiger partial charge in [-0.05, 0) is 48.8 Å². The summed E-state index contributed by atoms with van der Waals surface area (Å²) >= 11 is 10.6. The van der Waals surface area contributed by atoms with Gasteiger partial charge in [0.15, 0.2) is 0 Å². The molecule has 2 atom stereocenters. The molecule has 0 aliphatic heterocycles. The molecule has 0 spiro atoms. The van der Waals surface area contributed by atoms with Gasteiger partial charge in [0.05, 0.1) is 0 Å². The first-order valence-corrected chi connectivity index (χ1v) is 11.3. The molecule has 0 saturated heterocycles. The van der Waals surface area contributed by atoms with Crippen LogP contribution in [0.4, 0.5) is 0 Å². The van der Waals surface area contributed by atoms with Crippen LogP contribution in [0.2, 0.25) is 0 Å². The van der Waals surface area contributed by atoms with E-state index in [0.29, 0.717) is 0 Å². The van der Waals surface area contributed by atoms with Gasteiger partial charge in [-0.2, -0.15) is 0 Å². The minimum Gasteiger partial charge on any atom is -0.141 e. The van der Waals surface area contributed by atoms with Gasteiger partial charge in [-0.15, -0.1) is 12.2 Å². The summed E-state index contributed by atoms with van der Waals surface area (Å²) in [5.74, 6) is 3.04. The van der Waals surface area contributed by atoms with E-state index in [1.807, 2.05) is 0 Å². The quantitative estimate of drug-likeness (QED) is 0.444. The summed E-state index contributed by atoms with van der Waals surface area (Å²) in [6.07, 6.45) is 4.92. The van der Waals surface area contributed by atoms with Gasteiger partial charge in [-0.3, -0.25) is 0 Å². The second-order valence-corrected chi connectivity index (χ2v) is 14.3. The molecule has 0 aliphatic rings. The molecule has 0 rings (SSSR count). The van der Waals surface area contributed by atoms with E-state index >= 15 is 0 Å². The molecule has 0 bridgehead atoms. The van der Waals surface area contributed by atoms with Crippen molar-refractivity contribution in [2.75, 3.05) is 12.3 Å². The standard InChI is InChI=1S/C14H31PS2/c1-11(2)7-13(5)9-15(16,17)10-14(6)8-12(3)4/h11-14H,7-10H2,1-6H3,(H,16,17). The van der Waals surface area contributed by atoms with Crippen molar-refractivity contribution < 1.29 is 0 Å². The van der Waals surface area contributed by atoms with Crippen molar-refractivity contribution >= 4 is 29.3 Å². The van der Waals surface area contributed by atoms with E-state index in [9.17, 15) is 0 Å².